The maximum atomic E-state index is 5.76. The Morgan fingerprint density at radius 1 is 0.920 bits per heavy atom. The summed E-state index contributed by atoms with van der Waals surface area (Å²) in [6, 6.07) is 18.8. The van der Waals surface area contributed by atoms with Crippen molar-refractivity contribution in [1.82, 2.24) is 10.2 Å². The minimum atomic E-state index is 0.197. The predicted molar refractivity (Wildman–Crippen MR) is 99.9 cm³/mol. The van der Waals surface area contributed by atoms with Crippen LogP contribution in [0.4, 0.5) is 5.82 Å². The highest BCUT2D eigenvalue weighted by Gasteiger charge is 2.21. The van der Waals surface area contributed by atoms with Gasteiger partial charge >= 0.3 is 0 Å². The molecule has 2 heterocycles. The molecule has 1 aromatic heterocycles. The number of hydrogen-bond acceptors (Lipinski definition) is 4. The highest BCUT2D eigenvalue weighted by atomic mass is 16.5. The van der Waals surface area contributed by atoms with Crippen molar-refractivity contribution in [1.29, 1.82) is 0 Å². The lowest BCUT2D eigenvalue weighted by Gasteiger charge is -2.27. The molecule has 0 saturated heterocycles. The molecule has 1 unspecified atom stereocenters. The van der Waals surface area contributed by atoms with Crippen LogP contribution >= 0.6 is 0 Å². The number of rotatable bonds is 3. The SMILES string of the molecule is Cc1ccc(-c2ccc(NC3CCOc4ccc(C)cc43)nn2)cc1. The molecule has 0 saturated carbocycles. The Kier molecular flexibility index (Phi) is 4.10. The molecule has 0 aliphatic carbocycles. The fraction of sp³-hybridized carbons (Fsp3) is 0.238. The number of nitrogens with one attached hydrogen (secondary N) is 1. The van der Waals surface area contributed by atoms with Gasteiger partial charge in [0, 0.05) is 17.5 Å². The fourth-order valence-corrected chi connectivity index (χ4v) is 3.13. The number of aryl methyl sites for hydroxylation is 2. The van der Waals surface area contributed by atoms with Gasteiger partial charge in [0.25, 0.3) is 0 Å². The standard InChI is InChI=1S/C21H21N3O/c1-14-3-6-16(7-4-14)18-8-10-21(24-23-18)22-19-11-12-25-20-9-5-15(2)13-17(19)20/h3-10,13,19H,11-12H2,1-2H3,(H,22,24). The average molecular weight is 331 g/mol. The number of anilines is 1. The second-order valence-electron chi connectivity index (χ2n) is 6.55. The Morgan fingerprint density at radius 2 is 1.72 bits per heavy atom. The van der Waals surface area contributed by atoms with Gasteiger partial charge in [0.2, 0.25) is 0 Å². The molecule has 0 spiro atoms. The van der Waals surface area contributed by atoms with E-state index >= 15 is 0 Å². The van der Waals surface area contributed by atoms with Gasteiger partial charge < -0.3 is 10.1 Å². The number of benzene rings is 2. The average Bonchev–Trinajstić information content (AvgIpc) is 2.64. The van der Waals surface area contributed by atoms with Crippen molar-refractivity contribution in [3.8, 4) is 17.0 Å². The molecular weight excluding hydrogens is 310 g/mol. The molecule has 1 N–H and O–H groups in total. The van der Waals surface area contributed by atoms with Crippen LogP contribution in [0.3, 0.4) is 0 Å². The smallest absolute Gasteiger partial charge is 0.149 e. The first-order valence-corrected chi connectivity index (χ1v) is 8.60. The summed E-state index contributed by atoms with van der Waals surface area (Å²) >= 11 is 0. The van der Waals surface area contributed by atoms with Crippen molar-refractivity contribution in [2.45, 2.75) is 26.3 Å². The van der Waals surface area contributed by atoms with Gasteiger partial charge in [-0.2, -0.15) is 0 Å². The first-order valence-electron chi connectivity index (χ1n) is 8.60. The fourth-order valence-electron chi connectivity index (χ4n) is 3.13. The topological polar surface area (TPSA) is 47.0 Å². The summed E-state index contributed by atoms with van der Waals surface area (Å²) in [5.41, 5.74) is 5.63. The van der Waals surface area contributed by atoms with E-state index in [9.17, 15) is 0 Å². The van der Waals surface area contributed by atoms with Crippen molar-refractivity contribution in [3.05, 3.63) is 71.3 Å². The van der Waals surface area contributed by atoms with E-state index in [0.29, 0.717) is 6.61 Å². The number of fused-ring (bicyclic) bond motifs is 1. The van der Waals surface area contributed by atoms with Crippen molar-refractivity contribution >= 4 is 5.82 Å². The van der Waals surface area contributed by atoms with Crippen LogP contribution in [-0.2, 0) is 0 Å². The van der Waals surface area contributed by atoms with E-state index in [4.69, 9.17) is 4.74 Å². The molecule has 4 rings (SSSR count). The summed E-state index contributed by atoms with van der Waals surface area (Å²) in [5.74, 6) is 1.74. The molecule has 126 valence electrons. The summed E-state index contributed by atoms with van der Waals surface area (Å²) in [7, 11) is 0. The van der Waals surface area contributed by atoms with Crippen molar-refractivity contribution < 1.29 is 4.74 Å². The lowest BCUT2D eigenvalue weighted by atomic mass is 9.98. The molecule has 0 amide bonds. The molecule has 3 aromatic rings. The van der Waals surface area contributed by atoms with Gasteiger partial charge in [0.05, 0.1) is 18.3 Å². The van der Waals surface area contributed by atoms with E-state index in [1.807, 2.05) is 18.2 Å². The van der Waals surface area contributed by atoms with Gasteiger partial charge in [0.1, 0.15) is 11.6 Å². The van der Waals surface area contributed by atoms with Gasteiger partial charge in [-0.25, -0.2) is 0 Å². The Labute approximate surface area is 147 Å². The number of nitrogens with zero attached hydrogens (tertiary/aromatic N) is 2. The third-order valence-electron chi connectivity index (χ3n) is 4.54. The Morgan fingerprint density at radius 3 is 2.48 bits per heavy atom. The quantitative estimate of drug-likeness (QED) is 0.756. The molecule has 1 atom stereocenters. The molecule has 2 aromatic carbocycles. The highest BCUT2D eigenvalue weighted by molar-refractivity contribution is 5.60. The van der Waals surface area contributed by atoms with Crippen molar-refractivity contribution in [2.24, 2.45) is 0 Å². The molecule has 25 heavy (non-hydrogen) atoms. The zero-order valence-electron chi connectivity index (χ0n) is 14.5. The van der Waals surface area contributed by atoms with Crippen LogP contribution < -0.4 is 10.1 Å². The second kappa shape index (κ2) is 6.55. The van der Waals surface area contributed by atoms with Crippen LogP contribution in [0, 0.1) is 13.8 Å². The van der Waals surface area contributed by atoms with Gasteiger partial charge in [-0.05, 0) is 32.0 Å². The van der Waals surface area contributed by atoms with E-state index in [2.05, 4.69) is 65.8 Å². The maximum absolute atomic E-state index is 5.76. The monoisotopic (exact) mass is 331 g/mol. The molecule has 0 radical (unpaired) electrons. The van der Waals surface area contributed by atoms with Crippen LogP contribution in [0.5, 0.6) is 5.75 Å². The number of aromatic nitrogens is 2. The predicted octanol–water partition coefficient (Wildman–Crippen LogP) is 4.70. The third-order valence-corrected chi connectivity index (χ3v) is 4.54. The Bertz CT molecular complexity index is 873. The highest BCUT2D eigenvalue weighted by Crippen LogP contribution is 2.34. The second-order valence-corrected chi connectivity index (χ2v) is 6.55. The van der Waals surface area contributed by atoms with E-state index in [1.54, 1.807) is 0 Å². The summed E-state index contributed by atoms with van der Waals surface area (Å²) in [4.78, 5) is 0. The third kappa shape index (κ3) is 3.33. The molecule has 0 bridgehead atoms. The van der Waals surface area contributed by atoms with E-state index in [1.165, 1.54) is 16.7 Å². The first-order chi connectivity index (χ1) is 12.2. The Balaban J connectivity index is 1.54. The van der Waals surface area contributed by atoms with Crippen LogP contribution in [-0.4, -0.2) is 16.8 Å². The lowest BCUT2D eigenvalue weighted by molar-refractivity contribution is 0.274. The van der Waals surface area contributed by atoms with Crippen molar-refractivity contribution in [3.63, 3.8) is 0 Å². The normalized spacial score (nSPS) is 16.0. The van der Waals surface area contributed by atoms with Gasteiger partial charge in [-0.1, -0.05) is 47.5 Å². The van der Waals surface area contributed by atoms with Crippen LogP contribution in [0.1, 0.15) is 29.2 Å². The minimum Gasteiger partial charge on any atom is -0.493 e. The van der Waals surface area contributed by atoms with Crippen LogP contribution in [0.25, 0.3) is 11.3 Å². The van der Waals surface area contributed by atoms with Gasteiger partial charge in [-0.15, -0.1) is 10.2 Å². The molecule has 0 fully saturated rings. The summed E-state index contributed by atoms with van der Waals surface area (Å²) in [5, 5.41) is 12.2. The maximum Gasteiger partial charge on any atom is 0.149 e. The zero-order valence-corrected chi connectivity index (χ0v) is 14.5. The minimum absolute atomic E-state index is 0.197. The molecule has 4 heteroatoms. The molecule has 4 nitrogen and oxygen atoms in total. The summed E-state index contributed by atoms with van der Waals surface area (Å²) in [6.45, 7) is 4.89. The lowest BCUT2D eigenvalue weighted by Crippen LogP contribution is -2.21. The number of hydrogen-bond donors (Lipinski definition) is 1. The van der Waals surface area contributed by atoms with Crippen molar-refractivity contribution in [2.75, 3.05) is 11.9 Å². The van der Waals surface area contributed by atoms with Gasteiger partial charge in [-0.3, -0.25) is 0 Å². The molecule has 1 aliphatic rings. The van der Waals surface area contributed by atoms with E-state index in [0.717, 1.165) is 29.2 Å². The van der Waals surface area contributed by atoms with E-state index in [-0.39, 0.29) is 6.04 Å². The first kappa shape index (κ1) is 15.6. The Hall–Kier alpha value is -2.88. The zero-order chi connectivity index (χ0) is 17.2. The van der Waals surface area contributed by atoms with E-state index < -0.39 is 0 Å². The van der Waals surface area contributed by atoms with Crippen LogP contribution in [0.15, 0.2) is 54.6 Å². The largest absolute Gasteiger partial charge is 0.493 e. The number of ether oxygens (including phenoxy) is 1. The van der Waals surface area contributed by atoms with Crippen LogP contribution in [0.2, 0.25) is 0 Å². The van der Waals surface area contributed by atoms with Gasteiger partial charge in [0.15, 0.2) is 0 Å². The summed E-state index contributed by atoms with van der Waals surface area (Å²) < 4.78 is 5.76. The summed E-state index contributed by atoms with van der Waals surface area (Å²) in [6.07, 6.45) is 0.915. The molecular formula is C21H21N3O. The molecule has 1 aliphatic heterocycles.